The molecule has 26 heavy (non-hydrogen) atoms. The molecule has 0 saturated carbocycles. The molecular weight excluding hydrogens is 330 g/mol. The Labute approximate surface area is 152 Å². The van der Waals surface area contributed by atoms with Gasteiger partial charge in [-0.2, -0.15) is 5.26 Å². The molecule has 0 radical (unpaired) electrons. The Bertz CT molecular complexity index is 827. The lowest BCUT2D eigenvalue weighted by atomic mass is 9.98. The molecule has 1 atom stereocenters. The molecular formula is C19H21N5O2. The first kappa shape index (κ1) is 16.6. The van der Waals surface area contributed by atoms with Crippen LogP contribution in [0.25, 0.3) is 0 Å². The molecule has 0 spiro atoms. The fourth-order valence-corrected chi connectivity index (χ4v) is 3.82. The van der Waals surface area contributed by atoms with Gasteiger partial charge in [-0.3, -0.25) is 4.79 Å². The van der Waals surface area contributed by atoms with Crippen molar-refractivity contribution in [1.29, 1.82) is 5.26 Å². The number of anilines is 1. The van der Waals surface area contributed by atoms with Gasteiger partial charge in [-0.15, -0.1) is 0 Å². The number of carbonyl (C=O) groups is 1. The van der Waals surface area contributed by atoms with Gasteiger partial charge in [-0.1, -0.05) is 0 Å². The Balaban J connectivity index is 1.55. The molecule has 1 fully saturated rings. The average Bonchev–Trinajstić information content (AvgIpc) is 3.14. The van der Waals surface area contributed by atoms with E-state index in [0.29, 0.717) is 31.7 Å². The van der Waals surface area contributed by atoms with Crippen molar-refractivity contribution in [1.82, 2.24) is 14.9 Å². The second-order valence-electron chi connectivity index (χ2n) is 6.81. The van der Waals surface area contributed by atoms with E-state index in [2.05, 4.69) is 20.9 Å². The number of hydrogen-bond acceptors (Lipinski definition) is 6. The maximum absolute atomic E-state index is 12.6. The second kappa shape index (κ2) is 7.16. The normalized spacial score (nSPS) is 20.2. The summed E-state index contributed by atoms with van der Waals surface area (Å²) >= 11 is 0. The van der Waals surface area contributed by atoms with Gasteiger partial charge in [0.1, 0.15) is 12.1 Å². The molecule has 2 aromatic heterocycles. The van der Waals surface area contributed by atoms with E-state index >= 15 is 0 Å². The minimum Gasteiger partial charge on any atom is -0.459 e. The predicted molar refractivity (Wildman–Crippen MR) is 94.6 cm³/mol. The largest absolute Gasteiger partial charge is 0.459 e. The van der Waals surface area contributed by atoms with Crippen LogP contribution >= 0.6 is 0 Å². The van der Waals surface area contributed by atoms with Crippen LogP contribution in [0.4, 0.5) is 5.82 Å². The van der Waals surface area contributed by atoms with Crippen LogP contribution in [0, 0.1) is 17.2 Å². The number of amides is 1. The Hall–Kier alpha value is -2.88. The lowest BCUT2D eigenvalue weighted by Gasteiger charge is -2.32. The first-order valence-corrected chi connectivity index (χ1v) is 9.06. The van der Waals surface area contributed by atoms with Crippen LogP contribution in [0.1, 0.15) is 34.7 Å². The van der Waals surface area contributed by atoms with E-state index in [1.807, 2.05) is 4.90 Å². The Morgan fingerprint density at radius 2 is 2.15 bits per heavy atom. The zero-order valence-corrected chi connectivity index (χ0v) is 14.6. The summed E-state index contributed by atoms with van der Waals surface area (Å²) in [6.07, 6.45) is 6.49. The van der Waals surface area contributed by atoms with E-state index in [0.717, 1.165) is 43.0 Å². The number of nitriles is 1. The monoisotopic (exact) mass is 351 g/mol. The molecule has 2 aliphatic rings. The minimum atomic E-state index is -0.0835. The lowest BCUT2D eigenvalue weighted by molar-refractivity contribution is 0.0731. The number of rotatable bonds is 2. The van der Waals surface area contributed by atoms with E-state index in [-0.39, 0.29) is 11.8 Å². The van der Waals surface area contributed by atoms with Crippen molar-refractivity contribution >= 4 is 11.7 Å². The van der Waals surface area contributed by atoms with Crippen LogP contribution in [0.3, 0.4) is 0 Å². The van der Waals surface area contributed by atoms with Crippen LogP contribution in [0.15, 0.2) is 29.1 Å². The summed E-state index contributed by atoms with van der Waals surface area (Å²) in [4.78, 5) is 25.6. The van der Waals surface area contributed by atoms with Gasteiger partial charge in [0.25, 0.3) is 5.91 Å². The van der Waals surface area contributed by atoms with Gasteiger partial charge in [0.05, 0.1) is 23.9 Å². The van der Waals surface area contributed by atoms with Gasteiger partial charge < -0.3 is 14.2 Å². The fraction of sp³-hybridized carbons (Fsp3) is 0.474. The second-order valence-corrected chi connectivity index (χ2v) is 6.81. The highest BCUT2D eigenvalue weighted by molar-refractivity contribution is 5.91. The first-order valence-electron chi connectivity index (χ1n) is 9.06. The summed E-state index contributed by atoms with van der Waals surface area (Å²) in [7, 11) is 0. The molecule has 2 aliphatic heterocycles. The number of piperidine rings is 1. The average molecular weight is 351 g/mol. The molecule has 1 saturated heterocycles. The lowest BCUT2D eigenvalue weighted by Crippen LogP contribution is -2.36. The summed E-state index contributed by atoms with van der Waals surface area (Å²) in [5, 5.41) is 9.26. The SMILES string of the molecule is N#CC1CCCN(c2ncnc3c2CCN(C(=O)c2ccco2)CC3)C1. The number of hydrogen-bond donors (Lipinski definition) is 0. The van der Waals surface area contributed by atoms with Crippen molar-refractivity contribution in [3.8, 4) is 6.07 Å². The van der Waals surface area contributed by atoms with Gasteiger partial charge in [-0.25, -0.2) is 9.97 Å². The number of fused-ring (bicyclic) bond motifs is 1. The number of carbonyl (C=O) groups excluding carboxylic acids is 1. The van der Waals surface area contributed by atoms with Gasteiger partial charge in [0, 0.05) is 38.2 Å². The molecule has 7 nitrogen and oxygen atoms in total. The van der Waals surface area contributed by atoms with E-state index in [4.69, 9.17) is 4.42 Å². The molecule has 2 aromatic rings. The Morgan fingerprint density at radius 3 is 2.96 bits per heavy atom. The summed E-state index contributed by atoms with van der Waals surface area (Å²) < 4.78 is 5.25. The van der Waals surface area contributed by atoms with Gasteiger partial charge in [-0.05, 0) is 31.4 Å². The molecule has 4 heterocycles. The third-order valence-corrected chi connectivity index (χ3v) is 5.18. The first-order chi connectivity index (χ1) is 12.8. The molecule has 0 bridgehead atoms. The molecule has 4 rings (SSSR count). The zero-order valence-electron chi connectivity index (χ0n) is 14.6. The Morgan fingerprint density at radius 1 is 1.27 bits per heavy atom. The molecule has 7 heteroatoms. The maximum Gasteiger partial charge on any atom is 0.289 e. The molecule has 1 unspecified atom stereocenters. The predicted octanol–water partition coefficient (Wildman–Crippen LogP) is 2.05. The highest BCUT2D eigenvalue weighted by Gasteiger charge is 2.27. The standard InChI is InChI=1S/C19H21N5O2/c20-11-14-3-1-7-24(12-14)18-15-5-8-23(9-6-16(15)21-13-22-18)19(25)17-4-2-10-26-17/h2,4,10,13-14H,1,3,5-9,12H2. The van der Waals surface area contributed by atoms with E-state index in [1.165, 1.54) is 6.26 Å². The Kier molecular flexibility index (Phi) is 4.57. The number of furan rings is 1. The molecule has 134 valence electrons. The molecule has 1 amide bonds. The minimum absolute atomic E-state index is 0.0529. The van der Waals surface area contributed by atoms with Gasteiger partial charge in [0.15, 0.2) is 5.76 Å². The molecule has 0 aromatic carbocycles. The summed E-state index contributed by atoms with van der Waals surface area (Å²) in [5.41, 5.74) is 2.12. The van der Waals surface area contributed by atoms with E-state index < -0.39 is 0 Å². The van der Waals surface area contributed by atoms with Crippen molar-refractivity contribution in [3.63, 3.8) is 0 Å². The number of nitrogens with zero attached hydrogens (tertiary/aromatic N) is 5. The summed E-state index contributed by atoms with van der Waals surface area (Å²) in [5.74, 6) is 1.27. The van der Waals surface area contributed by atoms with E-state index in [9.17, 15) is 10.1 Å². The van der Waals surface area contributed by atoms with Crippen LogP contribution in [0.5, 0.6) is 0 Å². The van der Waals surface area contributed by atoms with Crippen LogP contribution < -0.4 is 4.90 Å². The van der Waals surface area contributed by atoms with Crippen LogP contribution in [-0.4, -0.2) is 47.0 Å². The molecule has 0 N–H and O–H groups in total. The fourth-order valence-electron chi connectivity index (χ4n) is 3.82. The molecule has 0 aliphatic carbocycles. The van der Waals surface area contributed by atoms with Crippen LogP contribution in [-0.2, 0) is 12.8 Å². The zero-order chi connectivity index (χ0) is 17.9. The summed E-state index contributed by atoms with van der Waals surface area (Å²) in [6, 6.07) is 5.81. The van der Waals surface area contributed by atoms with Crippen molar-refractivity contribution in [3.05, 3.63) is 41.7 Å². The highest BCUT2D eigenvalue weighted by atomic mass is 16.3. The maximum atomic E-state index is 12.6. The smallest absolute Gasteiger partial charge is 0.289 e. The van der Waals surface area contributed by atoms with E-state index in [1.54, 1.807) is 18.5 Å². The topological polar surface area (TPSA) is 86.3 Å². The van der Waals surface area contributed by atoms with Crippen molar-refractivity contribution in [2.24, 2.45) is 5.92 Å². The summed E-state index contributed by atoms with van der Waals surface area (Å²) in [6.45, 7) is 2.86. The quantitative estimate of drug-likeness (QED) is 0.823. The van der Waals surface area contributed by atoms with Gasteiger partial charge >= 0.3 is 0 Å². The third kappa shape index (κ3) is 3.15. The number of aromatic nitrogens is 2. The van der Waals surface area contributed by atoms with Crippen LogP contribution in [0.2, 0.25) is 0 Å². The van der Waals surface area contributed by atoms with Gasteiger partial charge in [0.2, 0.25) is 0 Å². The van der Waals surface area contributed by atoms with Crippen molar-refractivity contribution in [2.45, 2.75) is 25.7 Å². The third-order valence-electron chi connectivity index (χ3n) is 5.18. The van der Waals surface area contributed by atoms with Crippen molar-refractivity contribution < 1.29 is 9.21 Å². The van der Waals surface area contributed by atoms with Crippen molar-refractivity contribution in [2.75, 3.05) is 31.1 Å². The highest BCUT2D eigenvalue weighted by Crippen LogP contribution is 2.28.